The first kappa shape index (κ1) is 30.7. The van der Waals surface area contributed by atoms with Crippen LogP contribution in [0.25, 0.3) is 11.1 Å². The van der Waals surface area contributed by atoms with E-state index in [1.807, 2.05) is 42.5 Å². The highest BCUT2D eigenvalue weighted by atomic mass is 35.5. The van der Waals surface area contributed by atoms with Crippen molar-refractivity contribution in [2.24, 2.45) is 5.92 Å². The first-order valence-electron chi connectivity index (χ1n) is 13.4. The number of amides is 1. The molecular weight excluding hydrogens is 565 g/mol. The Hall–Kier alpha value is -4.30. The lowest BCUT2D eigenvalue weighted by Crippen LogP contribution is -2.37. The molecule has 0 aromatic heterocycles. The number of nitrogens with one attached hydrogen (secondary N) is 1. The molecule has 1 saturated heterocycles. The topological polar surface area (TPSA) is 69.6 Å². The van der Waals surface area contributed by atoms with Gasteiger partial charge in [0.1, 0.15) is 0 Å². The molecule has 218 valence electrons. The summed E-state index contributed by atoms with van der Waals surface area (Å²) < 4.78 is 39.0. The maximum Gasteiger partial charge on any atom is 0.416 e. The molecule has 1 amide bonds. The Balaban J connectivity index is 0.00000405. The van der Waals surface area contributed by atoms with Crippen molar-refractivity contribution >= 4 is 35.7 Å². The number of halogens is 4. The average molecular weight is 595 g/mol. The van der Waals surface area contributed by atoms with Crippen molar-refractivity contribution in [3.8, 4) is 11.1 Å². The van der Waals surface area contributed by atoms with E-state index in [1.54, 1.807) is 24.3 Å². The van der Waals surface area contributed by atoms with Gasteiger partial charge in [-0.15, -0.1) is 12.4 Å². The molecule has 0 spiro atoms. The number of rotatable bonds is 7. The Labute approximate surface area is 248 Å². The Bertz CT molecular complexity index is 1510. The van der Waals surface area contributed by atoms with Gasteiger partial charge in [-0.1, -0.05) is 60.7 Å². The van der Waals surface area contributed by atoms with Gasteiger partial charge in [0.05, 0.1) is 11.6 Å². The number of alkyl halides is 3. The maximum absolute atomic E-state index is 13.2. The lowest BCUT2D eigenvalue weighted by Gasteiger charge is -2.41. The first-order valence-corrected chi connectivity index (χ1v) is 13.4. The van der Waals surface area contributed by atoms with Gasteiger partial charge in [0.25, 0.3) is 5.91 Å². The number of carboxylic acid groups (broad SMARTS) is 1. The zero-order valence-corrected chi connectivity index (χ0v) is 23.4. The molecule has 0 saturated carbocycles. The zero-order valence-electron chi connectivity index (χ0n) is 22.6. The third kappa shape index (κ3) is 7.12. The Kier molecular flexibility index (Phi) is 9.58. The van der Waals surface area contributed by atoms with Crippen LogP contribution in [0.1, 0.15) is 46.8 Å². The summed E-state index contributed by atoms with van der Waals surface area (Å²) in [5, 5.41) is 12.2. The van der Waals surface area contributed by atoms with E-state index in [-0.39, 0.29) is 36.7 Å². The van der Waals surface area contributed by atoms with E-state index in [1.165, 1.54) is 12.1 Å². The normalized spacial score (nSPS) is 16.8. The van der Waals surface area contributed by atoms with Gasteiger partial charge in [-0.25, -0.2) is 0 Å². The van der Waals surface area contributed by atoms with Gasteiger partial charge in [-0.3, -0.25) is 9.59 Å². The van der Waals surface area contributed by atoms with Gasteiger partial charge in [-0.05, 0) is 77.9 Å². The summed E-state index contributed by atoms with van der Waals surface area (Å²) in [7, 11) is 0. The standard InChI is InChI=1S/C33H29F3N2O3.ClH/c34-33(35,36)25-12-10-23(11-13-25)28-8-4-5-9-29(28)32(41)37-26-14-16-27(17-15-26)38-19-18-22(21-31(39)40)20-30(38)24-6-2-1-3-7-24;/h1-17,22,30H,18-21H2,(H,37,41)(H,39,40);1H. The number of aliphatic carboxylic acids is 1. The third-order valence-electron chi connectivity index (χ3n) is 7.51. The highest BCUT2D eigenvalue weighted by Gasteiger charge is 2.31. The molecule has 5 rings (SSSR count). The minimum atomic E-state index is -4.43. The SMILES string of the molecule is Cl.O=C(O)CC1CCN(c2ccc(NC(=O)c3ccccc3-c3ccc(C(F)(F)F)cc3)cc2)C(c2ccccc2)C1. The third-order valence-corrected chi connectivity index (χ3v) is 7.51. The van der Waals surface area contributed by atoms with Crippen LogP contribution in [0.2, 0.25) is 0 Å². The first-order chi connectivity index (χ1) is 19.7. The summed E-state index contributed by atoms with van der Waals surface area (Å²) in [5.74, 6) is -1.06. The van der Waals surface area contributed by atoms with Gasteiger partial charge in [0.2, 0.25) is 0 Å². The lowest BCUT2D eigenvalue weighted by atomic mass is 9.85. The molecule has 2 N–H and O–H groups in total. The fourth-order valence-electron chi connectivity index (χ4n) is 5.48. The molecule has 0 radical (unpaired) electrons. The van der Waals surface area contributed by atoms with Crippen LogP contribution in [-0.2, 0) is 11.0 Å². The fourth-order valence-corrected chi connectivity index (χ4v) is 5.48. The number of benzene rings is 4. The van der Waals surface area contributed by atoms with E-state index in [4.69, 9.17) is 0 Å². The van der Waals surface area contributed by atoms with Crippen LogP contribution < -0.4 is 10.2 Å². The molecule has 0 aliphatic carbocycles. The number of piperidine rings is 1. The summed E-state index contributed by atoms with van der Waals surface area (Å²) in [6.45, 7) is 0.712. The smallest absolute Gasteiger partial charge is 0.416 e. The molecule has 1 aliphatic heterocycles. The number of carboxylic acids is 1. The molecule has 2 unspecified atom stereocenters. The summed E-state index contributed by atoms with van der Waals surface area (Å²) >= 11 is 0. The number of hydrogen-bond donors (Lipinski definition) is 2. The van der Waals surface area contributed by atoms with Crippen LogP contribution in [0.4, 0.5) is 24.5 Å². The lowest BCUT2D eigenvalue weighted by molar-refractivity contribution is -0.139. The van der Waals surface area contributed by atoms with E-state index in [0.29, 0.717) is 28.9 Å². The van der Waals surface area contributed by atoms with E-state index in [0.717, 1.165) is 36.2 Å². The van der Waals surface area contributed by atoms with Gasteiger partial charge in [-0.2, -0.15) is 13.2 Å². The number of carbonyl (C=O) groups excluding carboxylic acids is 1. The number of nitrogens with zero attached hydrogens (tertiary/aromatic N) is 1. The molecule has 1 aliphatic rings. The second kappa shape index (κ2) is 13.1. The minimum Gasteiger partial charge on any atom is -0.481 e. The molecule has 42 heavy (non-hydrogen) atoms. The average Bonchev–Trinajstić information content (AvgIpc) is 2.97. The molecule has 0 bridgehead atoms. The zero-order chi connectivity index (χ0) is 29.0. The van der Waals surface area contributed by atoms with E-state index in [9.17, 15) is 27.9 Å². The van der Waals surface area contributed by atoms with E-state index >= 15 is 0 Å². The summed E-state index contributed by atoms with van der Waals surface area (Å²) in [4.78, 5) is 26.9. The summed E-state index contributed by atoms with van der Waals surface area (Å²) in [6, 6.07) is 29.1. The van der Waals surface area contributed by atoms with Crippen molar-refractivity contribution in [3.63, 3.8) is 0 Å². The van der Waals surface area contributed by atoms with Crippen molar-refractivity contribution < 1.29 is 27.9 Å². The second-order valence-corrected chi connectivity index (χ2v) is 10.2. The highest BCUT2D eigenvalue weighted by Crippen LogP contribution is 2.39. The van der Waals surface area contributed by atoms with Gasteiger partial charge in [0, 0.05) is 29.9 Å². The minimum absolute atomic E-state index is 0. The molecule has 9 heteroatoms. The molecule has 4 aromatic rings. The van der Waals surface area contributed by atoms with Crippen LogP contribution in [0.15, 0.2) is 103 Å². The molecule has 1 heterocycles. The van der Waals surface area contributed by atoms with Crippen LogP contribution in [0.3, 0.4) is 0 Å². The summed E-state index contributed by atoms with van der Waals surface area (Å²) in [6.07, 6.45) is -2.78. The largest absolute Gasteiger partial charge is 0.481 e. The molecule has 4 aromatic carbocycles. The predicted molar refractivity (Wildman–Crippen MR) is 160 cm³/mol. The highest BCUT2D eigenvalue weighted by molar-refractivity contribution is 6.08. The second-order valence-electron chi connectivity index (χ2n) is 10.2. The fraction of sp³-hybridized carbons (Fsp3) is 0.212. The van der Waals surface area contributed by atoms with Gasteiger partial charge in [0.15, 0.2) is 0 Å². The van der Waals surface area contributed by atoms with Crippen molar-refractivity contribution in [1.29, 1.82) is 0 Å². The van der Waals surface area contributed by atoms with Gasteiger partial charge >= 0.3 is 12.1 Å². The molecule has 5 nitrogen and oxygen atoms in total. The monoisotopic (exact) mass is 594 g/mol. The summed E-state index contributed by atoms with van der Waals surface area (Å²) in [5.41, 5.74) is 3.32. The Morgan fingerprint density at radius 2 is 1.50 bits per heavy atom. The van der Waals surface area contributed by atoms with Crippen LogP contribution in [0, 0.1) is 5.92 Å². The van der Waals surface area contributed by atoms with Gasteiger partial charge < -0.3 is 15.3 Å². The van der Waals surface area contributed by atoms with Crippen LogP contribution in [-0.4, -0.2) is 23.5 Å². The van der Waals surface area contributed by atoms with Crippen molar-refractivity contribution in [1.82, 2.24) is 0 Å². The number of carbonyl (C=O) groups is 2. The molecule has 2 atom stereocenters. The van der Waals surface area contributed by atoms with E-state index < -0.39 is 17.7 Å². The van der Waals surface area contributed by atoms with E-state index in [2.05, 4.69) is 22.3 Å². The maximum atomic E-state index is 13.2. The van der Waals surface area contributed by atoms with Crippen LogP contribution in [0.5, 0.6) is 0 Å². The molecule has 1 fully saturated rings. The Morgan fingerprint density at radius 1 is 0.857 bits per heavy atom. The van der Waals surface area contributed by atoms with Crippen molar-refractivity contribution in [2.45, 2.75) is 31.5 Å². The predicted octanol–water partition coefficient (Wildman–Crippen LogP) is 8.48. The quantitative estimate of drug-likeness (QED) is 0.225. The van der Waals surface area contributed by atoms with Crippen molar-refractivity contribution in [3.05, 3.63) is 120 Å². The molecular formula is C33H30ClF3N2O3. The number of anilines is 2. The van der Waals surface area contributed by atoms with Crippen molar-refractivity contribution in [2.75, 3.05) is 16.8 Å². The Morgan fingerprint density at radius 3 is 2.14 bits per heavy atom. The van der Waals surface area contributed by atoms with Crippen LogP contribution >= 0.6 is 12.4 Å². The number of hydrogen-bond acceptors (Lipinski definition) is 3.